The summed E-state index contributed by atoms with van der Waals surface area (Å²) in [7, 11) is 1.58. The van der Waals surface area contributed by atoms with Crippen molar-refractivity contribution >= 4 is 11.8 Å². The smallest absolute Gasteiger partial charge is 0.258 e. The molecule has 2 amide bonds. The van der Waals surface area contributed by atoms with Crippen LogP contribution in [0.25, 0.3) is 0 Å². The first kappa shape index (κ1) is 15.2. The van der Waals surface area contributed by atoms with E-state index in [2.05, 4.69) is 10.6 Å². The van der Waals surface area contributed by atoms with Crippen LogP contribution in [0.2, 0.25) is 0 Å². The Morgan fingerprint density at radius 3 is 2.71 bits per heavy atom. The first-order chi connectivity index (χ1) is 10.2. The third-order valence-corrected chi connectivity index (χ3v) is 3.30. The van der Waals surface area contributed by atoms with Crippen molar-refractivity contribution in [3.8, 4) is 11.5 Å². The summed E-state index contributed by atoms with van der Waals surface area (Å²) in [6.45, 7) is 0.559. The van der Waals surface area contributed by atoms with Crippen LogP contribution in [0.15, 0.2) is 24.3 Å². The van der Waals surface area contributed by atoms with Crippen molar-refractivity contribution in [2.24, 2.45) is 0 Å². The average Bonchev–Trinajstić information content (AvgIpc) is 2.71. The summed E-state index contributed by atoms with van der Waals surface area (Å²) in [5.74, 6) is 0.886. The summed E-state index contributed by atoms with van der Waals surface area (Å²) in [5, 5.41) is 5.48. The van der Waals surface area contributed by atoms with Crippen LogP contribution in [0, 0.1) is 0 Å². The molecule has 1 aromatic rings. The summed E-state index contributed by atoms with van der Waals surface area (Å²) in [6.07, 6.45) is 2.53. The summed E-state index contributed by atoms with van der Waals surface area (Å²) >= 11 is 0. The molecule has 114 valence electrons. The van der Waals surface area contributed by atoms with E-state index in [0.717, 1.165) is 18.6 Å². The Bertz CT molecular complexity index is 487. The van der Waals surface area contributed by atoms with Gasteiger partial charge in [0.15, 0.2) is 6.61 Å². The van der Waals surface area contributed by atoms with E-state index in [-0.39, 0.29) is 18.4 Å². The van der Waals surface area contributed by atoms with Crippen molar-refractivity contribution < 1.29 is 19.1 Å². The van der Waals surface area contributed by atoms with Gasteiger partial charge in [-0.2, -0.15) is 0 Å². The lowest BCUT2D eigenvalue weighted by Gasteiger charge is -2.15. The lowest BCUT2D eigenvalue weighted by atomic mass is 10.1. The highest BCUT2D eigenvalue weighted by atomic mass is 16.5. The molecule has 0 unspecified atom stereocenters. The first-order valence-corrected chi connectivity index (χ1v) is 7.03. The predicted octanol–water partition coefficient (Wildman–Crippen LogP) is 0.859. The monoisotopic (exact) mass is 292 g/mol. The van der Waals surface area contributed by atoms with Crippen LogP contribution in [-0.4, -0.2) is 38.1 Å². The van der Waals surface area contributed by atoms with Crippen molar-refractivity contribution in [1.82, 2.24) is 10.6 Å². The molecule has 0 aromatic heterocycles. The number of carbonyl (C=O) groups is 2. The minimum atomic E-state index is -0.459. The van der Waals surface area contributed by atoms with Gasteiger partial charge in [0.1, 0.15) is 17.5 Å². The Labute approximate surface area is 123 Å². The fourth-order valence-electron chi connectivity index (χ4n) is 2.13. The maximum absolute atomic E-state index is 11.8. The standard InChI is InChI=1S/C15H20N2O4/c1-20-11-5-7-12(8-6-11)21-10-14(18)17-13-4-2-3-9-16-15(13)19/h5-8,13H,2-4,9-10H2,1H3,(H,16,19)(H,17,18)/t13-/m0/s1. The second kappa shape index (κ2) is 7.52. The predicted molar refractivity (Wildman–Crippen MR) is 77.3 cm³/mol. The summed E-state index contributed by atoms with van der Waals surface area (Å²) in [6, 6.07) is 6.51. The third-order valence-electron chi connectivity index (χ3n) is 3.30. The molecular weight excluding hydrogens is 272 g/mol. The summed E-state index contributed by atoms with van der Waals surface area (Å²) < 4.78 is 10.4. The van der Waals surface area contributed by atoms with Gasteiger partial charge in [0.2, 0.25) is 5.91 Å². The number of benzene rings is 1. The Morgan fingerprint density at radius 1 is 1.29 bits per heavy atom. The van der Waals surface area contributed by atoms with Gasteiger partial charge in [0, 0.05) is 6.54 Å². The van der Waals surface area contributed by atoms with Crippen LogP contribution >= 0.6 is 0 Å². The van der Waals surface area contributed by atoms with Crippen LogP contribution in [0.1, 0.15) is 19.3 Å². The van der Waals surface area contributed by atoms with E-state index in [4.69, 9.17) is 9.47 Å². The molecule has 6 nitrogen and oxygen atoms in total. The molecule has 0 aliphatic carbocycles. The number of hydrogen-bond acceptors (Lipinski definition) is 4. The van der Waals surface area contributed by atoms with Crippen molar-refractivity contribution in [3.05, 3.63) is 24.3 Å². The minimum absolute atomic E-state index is 0.115. The van der Waals surface area contributed by atoms with Gasteiger partial charge >= 0.3 is 0 Å². The third kappa shape index (κ3) is 4.66. The highest BCUT2D eigenvalue weighted by molar-refractivity contribution is 5.88. The van der Waals surface area contributed by atoms with Crippen LogP contribution < -0.4 is 20.1 Å². The second-order valence-corrected chi connectivity index (χ2v) is 4.87. The average molecular weight is 292 g/mol. The van der Waals surface area contributed by atoms with Gasteiger partial charge in [-0.15, -0.1) is 0 Å². The molecular formula is C15H20N2O4. The second-order valence-electron chi connectivity index (χ2n) is 4.87. The lowest BCUT2D eigenvalue weighted by Crippen LogP contribution is -2.46. The number of carbonyl (C=O) groups excluding carboxylic acids is 2. The van der Waals surface area contributed by atoms with E-state index >= 15 is 0 Å². The van der Waals surface area contributed by atoms with E-state index in [9.17, 15) is 9.59 Å². The zero-order chi connectivity index (χ0) is 15.1. The number of methoxy groups -OCH3 is 1. The number of ether oxygens (including phenoxy) is 2. The van der Waals surface area contributed by atoms with Crippen molar-refractivity contribution in [2.45, 2.75) is 25.3 Å². The Hall–Kier alpha value is -2.24. The van der Waals surface area contributed by atoms with Gasteiger partial charge in [-0.1, -0.05) is 0 Å². The fourth-order valence-corrected chi connectivity index (χ4v) is 2.13. The quantitative estimate of drug-likeness (QED) is 0.844. The van der Waals surface area contributed by atoms with E-state index in [1.165, 1.54) is 0 Å². The van der Waals surface area contributed by atoms with Crippen molar-refractivity contribution in [1.29, 1.82) is 0 Å². The van der Waals surface area contributed by atoms with Crippen LogP contribution in [0.5, 0.6) is 11.5 Å². The van der Waals surface area contributed by atoms with Gasteiger partial charge < -0.3 is 20.1 Å². The van der Waals surface area contributed by atoms with Gasteiger partial charge in [0.25, 0.3) is 5.91 Å². The first-order valence-electron chi connectivity index (χ1n) is 7.03. The molecule has 1 fully saturated rings. The number of amides is 2. The Kier molecular flexibility index (Phi) is 5.43. The largest absolute Gasteiger partial charge is 0.497 e. The molecule has 0 saturated carbocycles. The normalized spacial score (nSPS) is 18.3. The van der Waals surface area contributed by atoms with E-state index in [0.29, 0.717) is 18.7 Å². The van der Waals surface area contributed by atoms with E-state index < -0.39 is 6.04 Å². The maximum atomic E-state index is 11.8. The lowest BCUT2D eigenvalue weighted by molar-refractivity contribution is -0.129. The summed E-state index contributed by atoms with van der Waals surface area (Å²) in [5.41, 5.74) is 0. The zero-order valence-electron chi connectivity index (χ0n) is 12.1. The molecule has 0 bridgehead atoms. The van der Waals surface area contributed by atoms with Crippen molar-refractivity contribution in [3.63, 3.8) is 0 Å². The Balaban J connectivity index is 1.79. The zero-order valence-corrected chi connectivity index (χ0v) is 12.1. The van der Waals surface area contributed by atoms with Gasteiger partial charge in [-0.25, -0.2) is 0 Å². The van der Waals surface area contributed by atoms with Gasteiger partial charge in [0.05, 0.1) is 7.11 Å². The molecule has 0 radical (unpaired) electrons. The van der Waals surface area contributed by atoms with Gasteiger partial charge in [-0.3, -0.25) is 9.59 Å². The molecule has 1 aliphatic heterocycles. The van der Waals surface area contributed by atoms with Crippen LogP contribution in [0.3, 0.4) is 0 Å². The molecule has 1 atom stereocenters. The van der Waals surface area contributed by atoms with E-state index in [1.807, 2.05) is 0 Å². The number of hydrogen-bond donors (Lipinski definition) is 2. The van der Waals surface area contributed by atoms with Crippen LogP contribution in [-0.2, 0) is 9.59 Å². The van der Waals surface area contributed by atoms with Gasteiger partial charge in [-0.05, 0) is 43.5 Å². The minimum Gasteiger partial charge on any atom is -0.497 e. The summed E-state index contributed by atoms with van der Waals surface area (Å²) in [4.78, 5) is 23.5. The van der Waals surface area contributed by atoms with Crippen molar-refractivity contribution in [2.75, 3.05) is 20.3 Å². The molecule has 1 aromatic carbocycles. The SMILES string of the molecule is COc1ccc(OCC(=O)N[C@H]2CCCCNC2=O)cc1. The molecule has 1 heterocycles. The molecule has 6 heteroatoms. The highest BCUT2D eigenvalue weighted by Gasteiger charge is 2.22. The molecule has 1 saturated heterocycles. The number of nitrogens with one attached hydrogen (secondary N) is 2. The molecule has 0 spiro atoms. The fraction of sp³-hybridized carbons (Fsp3) is 0.467. The van der Waals surface area contributed by atoms with E-state index in [1.54, 1.807) is 31.4 Å². The topological polar surface area (TPSA) is 76.7 Å². The highest BCUT2D eigenvalue weighted by Crippen LogP contribution is 2.16. The molecule has 1 aliphatic rings. The number of rotatable bonds is 5. The molecule has 21 heavy (non-hydrogen) atoms. The maximum Gasteiger partial charge on any atom is 0.258 e. The molecule has 2 rings (SSSR count). The van der Waals surface area contributed by atoms with Crippen LogP contribution in [0.4, 0.5) is 0 Å². The Morgan fingerprint density at radius 2 is 2.00 bits per heavy atom. The molecule has 2 N–H and O–H groups in total.